The molecule has 0 saturated heterocycles. The Labute approximate surface area is 116 Å². The molecule has 1 heterocycles. The second kappa shape index (κ2) is 5.55. The van der Waals surface area contributed by atoms with E-state index in [4.69, 9.17) is 0 Å². The molecule has 2 unspecified atom stereocenters. The summed E-state index contributed by atoms with van der Waals surface area (Å²) >= 11 is 3.23. The van der Waals surface area contributed by atoms with Gasteiger partial charge in [0.25, 0.3) is 0 Å². The third-order valence-corrected chi connectivity index (χ3v) is 5.17. The van der Waals surface area contributed by atoms with Crippen LogP contribution in [-0.2, 0) is 0 Å². The summed E-state index contributed by atoms with van der Waals surface area (Å²) in [5.41, 5.74) is -0.342. The minimum Gasteiger partial charge on any atom is -0.297 e. The van der Waals surface area contributed by atoms with E-state index in [0.29, 0.717) is 11.3 Å². The van der Waals surface area contributed by atoms with Gasteiger partial charge in [-0.3, -0.25) is 5.32 Å². The van der Waals surface area contributed by atoms with Crippen molar-refractivity contribution in [3.05, 3.63) is 5.82 Å². The minimum absolute atomic E-state index is 0.342. The van der Waals surface area contributed by atoms with Gasteiger partial charge in [-0.1, -0.05) is 11.8 Å². The lowest BCUT2D eigenvalue weighted by atomic mass is 9.99. The molecule has 0 aliphatic heterocycles. The van der Waals surface area contributed by atoms with Crippen molar-refractivity contribution in [2.24, 2.45) is 0 Å². The van der Waals surface area contributed by atoms with E-state index in [1.807, 2.05) is 6.92 Å². The van der Waals surface area contributed by atoms with Crippen molar-refractivity contribution in [3.8, 4) is 6.07 Å². The molecule has 1 N–H and O–H groups in total. The molecule has 6 heteroatoms. The number of thioether (sulfide) groups is 1. The first-order valence-electron chi connectivity index (χ1n) is 6.19. The third kappa shape index (κ3) is 3.22. The van der Waals surface area contributed by atoms with Gasteiger partial charge in [0, 0.05) is 11.3 Å². The molecular formula is C12H18N4S2. The second-order valence-corrected chi connectivity index (χ2v) is 7.38. The standard InChI is InChI=1S/C12H18N4S2/c1-8(2)15-12(7-13)5-4-10(6-12)17-11-14-9(3)16-18-11/h8,10,15H,4-6H2,1-3H3. The average Bonchev–Trinajstić information content (AvgIpc) is 2.87. The summed E-state index contributed by atoms with van der Waals surface area (Å²) in [6.07, 6.45) is 2.89. The van der Waals surface area contributed by atoms with Gasteiger partial charge in [-0.2, -0.15) is 9.64 Å². The van der Waals surface area contributed by atoms with Crippen molar-refractivity contribution in [1.29, 1.82) is 5.26 Å². The van der Waals surface area contributed by atoms with Gasteiger partial charge in [-0.25, -0.2) is 4.98 Å². The van der Waals surface area contributed by atoms with Crippen molar-refractivity contribution in [3.63, 3.8) is 0 Å². The molecule has 0 spiro atoms. The number of nitrogens with one attached hydrogen (secondary N) is 1. The fourth-order valence-corrected chi connectivity index (χ4v) is 4.58. The van der Waals surface area contributed by atoms with Crippen molar-refractivity contribution in [1.82, 2.24) is 14.7 Å². The van der Waals surface area contributed by atoms with Crippen LogP contribution in [0.25, 0.3) is 0 Å². The van der Waals surface area contributed by atoms with Crippen LogP contribution in [0.15, 0.2) is 4.34 Å². The number of rotatable bonds is 4. The van der Waals surface area contributed by atoms with E-state index >= 15 is 0 Å². The van der Waals surface area contributed by atoms with E-state index in [1.54, 1.807) is 11.8 Å². The summed E-state index contributed by atoms with van der Waals surface area (Å²) in [5, 5.41) is 13.3. The second-order valence-electron chi connectivity index (χ2n) is 5.08. The lowest BCUT2D eigenvalue weighted by molar-refractivity contribution is 0.386. The maximum Gasteiger partial charge on any atom is 0.170 e. The monoisotopic (exact) mass is 282 g/mol. The van der Waals surface area contributed by atoms with Gasteiger partial charge in [0.15, 0.2) is 4.34 Å². The molecule has 1 aliphatic rings. The SMILES string of the molecule is Cc1nsc(SC2CCC(C#N)(NC(C)C)C2)n1. The maximum atomic E-state index is 9.41. The summed E-state index contributed by atoms with van der Waals surface area (Å²) in [6, 6.07) is 2.82. The fourth-order valence-electron chi connectivity index (χ4n) is 2.39. The lowest BCUT2D eigenvalue weighted by Crippen LogP contribution is -2.45. The Kier molecular flexibility index (Phi) is 4.25. The first-order chi connectivity index (χ1) is 8.53. The van der Waals surface area contributed by atoms with Gasteiger partial charge in [0.2, 0.25) is 0 Å². The zero-order valence-electron chi connectivity index (χ0n) is 10.9. The quantitative estimate of drug-likeness (QED) is 0.920. The summed E-state index contributed by atoms with van der Waals surface area (Å²) in [6.45, 7) is 6.09. The van der Waals surface area contributed by atoms with Gasteiger partial charge in [0.1, 0.15) is 11.4 Å². The molecule has 4 nitrogen and oxygen atoms in total. The molecule has 1 aromatic heterocycles. The Morgan fingerprint density at radius 3 is 2.94 bits per heavy atom. The van der Waals surface area contributed by atoms with E-state index in [0.717, 1.165) is 29.4 Å². The molecule has 0 radical (unpaired) electrons. The number of aryl methyl sites for hydroxylation is 1. The van der Waals surface area contributed by atoms with Crippen LogP contribution in [-0.4, -0.2) is 26.2 Å². The van der Waals surface area contributed by atoms with Crippen molar-refractivity contribution >= 4 is 23.3 Å². The van der Waals surface area contributed by atoms with Crippen LogP contribution in [0.1, 0.15) is 38.9 Å². The lowest BCUT2D eigenvalue weighted by Gasteiger charge is -2.25. The van der Waals surface area contributed by atoms with E-state index < -0.39 is 0 Å². The highest BCUT2D eigenvalue weighted by Gasteiger charge is 2.40. The van der Waals surface area contributed by atoms with Crippen LogP contribution in [0.2, 0.25) is 0 Å². The van der Waals surface area contributed by atoms with Gasteiger partial charge in [0.05, 0.1) is 6.07 Å². The van der Waals surface area contributed by atoms with E-state index in [9.17, 15) is 5.26 Å². The van der Waals surface area contributed by atoms with Crippen LogP contribution in [0.5, 0.6) is 0 Å². The summed E-state index contributed by atoms with van der Waals surface area (Å²) in [7, 11) is 0. The van der Waals surface area contributed by atoms with E-state index in [-0.39, 0.29) is 5.54 Å². The minimum atomic E-state index is -0.342. The summed E-state index contributed by atoms with van der Waals surface area (Å²) in [5.74, 6) is 0.840. The molecule has 1 saturated carbocycles. The van der Waals surface area contributed by atoms with Crippen molar-refractivity contribution in [2.45, 2.75) is 61.2 Å². The highest BCUT2D eigenvalue weighted by atomic mass is 32.2. The Balaban J connectivity index is 1.97. The molecule has 18 heavy (non-hydrogen) atoms. The smallest absolute Gasteiger partial charge is 0.170 e. The molecule has 0 aromatic carbocycles. The highest BCUT2D eigenvalue weighted by molar-refractivity contribution is 8.01. The normalized spacial score (nSPS) is 27.6. The van der Waals surface area contributed by atoms with Gasteiger partial charge < -0.3 is 0 Å². The first-order valence-corrected chi connectivity index (χ1v) is 7.84. The van der Waals surface area contributed by atoms with Crippen LogP contribution < -0.4 is 5.32 Å². The number of hydrogen-bond donors (Lipinski definition) is 1. The maximum absolute atomic E-state index is 9.41. The Bertz CT molecular complexity index is 451. The van der Waals surface area contributed by atoms with Crippen molar-refractivity contribution in [2.75, 3.05) is 0 Å². The molecule has 0 bridgehead atoms. The molecule has 1 aromatic rings. The average molecular weight is 282 g/mol. The summed E-state index contributed by atoms with van der Waals surface area (Å²) in [4.78, 5) is 4.38. The Hall–Kier alpha value is -0.640. The third-order valence-electron chi connectivity index (χ3n) is 3.02. The molecule has 1 aliphatic carbocycles. The molecule has 1 fully saturated rings. The number of aromatic nitrogens is 2. The predicted octanol–water partition coefficient (Wildman–Crippen LogP) is 2.75. The molecule has 98 valence electrons. The van der Waals surface area contributed by atoms with E-state index in [1.165, 1.54) is 11.5 Å². The van der Waals surface area contributed by atoms with Crippen LogP contribution in [0.4, 0.5) is 0 Å². The number of hydrogen-bond acceptors (Lipinski definition) is 6. The van der Waals surface area contributed by atoms with E-state index in [2.05, 4.69) is 34.6 Å². The van der Waals surface area contributed by atoms with Gasteiger partial charge in [-0.15, -0.1) is 0 Å². The fraction of sp³-hybridized carbons (Fsp3) is 0.750. The summed E-state index contributed by atoms with van der Waals surface area (Å²) < 4.78 is 5.22. The first kappa shape index (κ1) is 13.8. The topological polar surface area (TPSA) is 61.6 Å². The van der Waals surface area contributed by atoms with Crippen molar-refractivity contribution < 1.29 is 0 Å². The molecule has 2 rings (SSSR count). The van der Waals surface area contributed by atoms with Crippen LogP contribution >= 0.6 is 23.3 Å². The number of nitrogens with zero attached hydrogens (tertiary/aromatic N) is 3. The number of nitriles is 1. The van der Waals surface area contributed by atoms with Gasteiger partial charge in [-0.05, 0) is 51.6 Å². The zero-order chi connectivity index (χ0) is 13.2. The predicted molar refractivity (Wildman–Crippen MR) is 74.8 cm³/mol. The molecular weight excluding hydrogens is 264 g/mol. The van der Waals surface area contributed by atoms with Crippen LogP contribution in [0, 0.1) is 18.3 Å². The molecule has 0 amide bonds. The largest absolute Gasteiger partial charge is 0.297 e. The Morgan fingerprint density at radius 2 is 2.39 bits per heavy atom. The van der Waals surface area contributed by atoms with Gasteiger partial charge >= 0.3 is 0 Å². The molecule has 2 atom stereocenters. The zero-order valence-corrected chi connectivity index (χ0v) is 12.6. The Morgan fingerprint density at radius 1 is 1.61 bits per heavy atom. The highest BCUT2D eigenvalue weighted by Crippen LogP contribution is 2.40. The van der Waals surface area contributed by atoms with Crippen LogP contribution in [0.3, 0.4) is 0 Å².